The van der Waals surface area contributed by atoms with Crippen molar-refractivity contribution in [1.82, 2.24) is 0 Å². The molecule has 2 atom stereocenters. The summed E-state index contributed by atoms with van der Waals surface area (Å²) in [7, 11) is 0. The molecule has 0 aromatic carbocycles. The maximum atomic E-state index is 3.79. The van der Waals surface area contributed by atoms with Crippen LogP contribution in [0, 0.1) is 0 Å². The summed E-state index contributed by atoms with van der Waals surface area (Å²) in [6.07, 6.45) is 6.88. The van der Waals surface area contributed by atoms with Gasteiger partial charge in [-0.25, -0.2) is 0 Å². The lowest BCUT2D eigenvalue weighted by Gasteiger charge is -2.35. The molecule has 80 valence electrons. The molecule has 1 aliphatic rings. The van der Waals surface area contributed by atoms with E-state index in [9.17, 15) is 0 Å². The first-order chi connectivity index (χ1) is 6.33. The van der Waals surface area contributed by atoms with E-state index in [2.05, 4.69) is 71.7 Å². The summed E-state index contributed by atoms with van der Waals surface area (Å²) in [5.41, 5.74) is 2.91. The summed E-state index contributed by atoms with van der Waals surface area (Å²) in [5.74, 6) is 0. The van der Waals surface area contributed by atoms with Crippen molar-refractivity contribution >= 4 is 31.9 Å². The molecule has 2 unspecified atom stereocenters. The highest BCUT2D eigenvalue weighted by atomic mass is 79.9. The van der Waals surface area contributed by atoms with Crippen molar-refractivity contribution in [2.75, 3.05) is 0 Å². The molecule has 2 heteroatoms. The predicted molar refractivity (Wildman–Crippen MR) is 71.4 cm³/mol. The Labute approximate surface area is 104 Å². The predicted octanol–water partition coefficient (Wildman–Crippen LogP) is 4.98. The number of halogens is 2. The number of alkyl halides is 2. The smallest absolute Gasteiger partial charge is 0.0621 e. The van der Waals surface area contributed by atoms with Crippen LogP contribution in [0.5, 0.6) is 0 Å². The normalized spacial score (nSPS) is 37.9. The second kappa shape index (κ2) is 4.13. The largest absolute Gasteiger partial charge is 0.0762 e. The fourth-order valence-electron chi connectivity index (χ4n) is 2.02. The molecule has 0 N–H and O–H groups in total. The summed E-state index contributed by atoms with van der Waals surface area (Å²) >= 11 is 7.57. The van der Waals surface area contributed by atoms with Gasteiger partial charge in [-0.2, -0.15) is 0 Å². The number of hydrogen-bond donors (Lipinski definition) is 0. The Morgan fingerprint density at radius 1 is 0.929 bits per heavy atom. The van der Waals surface area contributed by atoms with Gasteiger partial charge in [0.15, 0.2) is 0 Å². The van der Waals surface area contributed by atoms with Gasteiger partial charge in [0.05, 0.1) is 8.65 Å². The summed E-state index contributed by atoms with van der Waals surface area (Å²) in [4.78, 5) is 0. The average Bonchev–Trinajstić information content (AvgIpc) is 2.08. The molecule has 0 radical (unpaired) electrons. The highest BCUT2D eigenvalue weighted by Gasteiger charge is 2.34. The van der Waals surface area contributed by atoms with Crippen LogP contribution in [0.4, 0.5) is 0 Å². The van der Waals surface area contributed by atoms with E-state index in [-0.39, 0.29) is 8.65 Å². The van der Waals surface area contributed by atoms with Gasteiger partial charge in [-0.3, -0.25) is 0 Å². The van der Waals surface area contributed by atoms with Gasteiger partial charge in [0.25, 0.3) is 0 Å². The standard InChI is InChI=1S/C12H18Br2/c1-5-9-7-12(4,14)10(6-2)8-11(9,3)13/h7-8H,5-6H2,1-4H3. The first-order valence-corrected chi connectivity index (χ1v) is 6.74. The van der Waals surface area contributed by atoms with Crippen molar-refractivity contribution in [1.29, 1.82) is 0 Å². The maximum absolute atomic E-state index is 3.79. The molecule has 0 aromatic heterocycles. The van der Waals surface area contributed by atoms with Gasteiger partial charge in [-0.1, -0.05) is 69.0 Å². The van der Waals surface area contributed by atoms with Gasteiger partial charge in [-0.15, -0.1) is 0 Å². The minimum atomic E-state index is 0.0559. The highest BCUT2D eigenvalue weighted by Crippen LogP contribution is 2.44. The van der Waals surface area contributed by atoms with Crippen LogP contribution in [-0.2, 0) is 0 Å². The Morgan fingerprint density at radius 2 is 1.21 bits per heavy atom. The van der Waals surface area contributed by atoms with Crippen molar-refractivity contribution in [3.63, 3.8) is 0 Å². The van der Waals surface area contributed by atoms with Crippen LogP contribution in [0.2, 0.25) is 0 Å². The fraction of sp³-hybridized carbons (Fsp3) is 0.667. The average molecular weight is 322 g/mol. The van der Waals surface area contributed by atoms with E-state index in [1.807, 2.05) is 0 Å². The number of rotatable bonds is 2. The maximum Gasteiger partial charge on any atom is 0.0621 e. The van der Waals surface area contributed by atoms with Gasteiger partial charge in [0.1, 0.15) is 0 Å². The molecule has 0 fully saturated rings. The second-order valence-corrected chi connectivity index (χ2v) is 7.49. The van der Waals surface area contributed by atoms with E-state index >= 15 is 0 Å². The van der Waals surface area contributed by atoms with Crippen molar-refractivity contribution in [2.24, 2.45) is 0 Å². The lowest BCUT2D eigenvalue weighted by Crippen LogP contribution is -2.29. The monoisotopic (exact) mass is 320 g/mol. The first-order valence-electron chi connectivity index (χ1n) is 5.15. The third-order valence-corrected chi connectivity index (χ3v) is 4.38. The molecule has 0 heterocycles. The molecule has 0 nitrogen and oxygen atoms in total. The van der Waals surface area contributed by atoms with Crippen molar-refractivity contribution in [3.05, 3.63) is 23.3 Å². The zero-order chi connectivity index (χ0) is 11.0. The summed E-state index contributed by atoms with van der Waals surface area (Å²) < 4.78 is 0.112. The van der Waals surface area contributed by atoms with Crippen LogP contribution >= 0.6 is 31.9 Å². The lowest BCUT2D eigenvalue weighted by atomic mass is 9.82. The van der Waals surface area contributed by atoms with E-state index in [1.54, 1.807) is 0 Å². The molecule has 14 heavy (non-hydrogen) atoms. The molecule has 0 amide bonds. The van der Waals surface area contributed by atoms with Gasteiger partial charge in [0, 0.05) is 0 Å². The van der Waals surface area contributed by atoms with Gasteiger partial charge in [-0.05, 0) is 26.7 Å². The van der Waals surface area contributed by atoms with Crippen LogP contribution in [0.3, 0.4) is 0 Å². The van der Waals surface area contributed by atoms with Crippen LogP contribution < -0.4 is 0 Å². The quantitative estimate of drug-likeness (QED) is 0.497. The fourth-order valence-corrected chi connectivity index (χ4v) is 3.36. The van der Waals surface area contributed by atoms with E-state index in [0.717, 1.165) is 12.8 Å². The Hall–Kier alpha value is 0.440. The van der Waals surface area contributed by atoms with Crippen molar-refractivity contribution in [2.45, 2.75) is 49.2 Å². The summed E-state index contributed by atoms with van der Waals surface area (Å²) in [6.45, 7) is 8.86. The van der Waals surface area contributed by atoms with E-state index in [1.165, 1.54) is 11.1 Å². The van der Waals surface area contributed by atoms with Crippen molar-refractivity contribution < 1.29 is 0 Å². The molecule has 0 spiro atoms. The van der Waals surface area contributed by atoms with Gasteiger partial charge in [0.2, 0.25) is 0 Å². The molecule has 0 saturated heterocycles. The number of allylic oxidation sites excluding steroid dienone is 4. The zero-order valence-corrected chi connectivity index (χ0v) is 12.5. The van der Waals surface area contributed by atoms with Gasteiger partial charge < -0.3 is 0 Å². The van der Waals surface area contributed by atoms with Crippen LogP contribution in [0.15, 0.2) is 23.3 Å². The molecule has 0 saturated carbocycles. The minimum absolute atomic E-state index is 0.0559. The van der Waals surface area contributed by atoms with Gasteiger partial charge >= 0.3 is 0 Å². The first kappa shape index (κ1) is 12.5. The van der Waals surface area contributed by atoms with E-state index in [4.69, 9.17) is 0 Å². The SMILES string of the molecule is CCC1=CC(C)(Br)C(CC)=CC1(C)Br. The molecule has 0 aromatic rings. The second-order valence-electron chi connectivity index (χ2n) is 4.20. The van der Waals surface area contributed by atoms with Crippen LogP contribution in [0.1, 0.15) is 40.5 Å². The zero-order valence-electron chi connectivity index (χ0n) is 9.32. The molecular weight excluding hydrogens is 304 g/mol. The lowest BCUT2D eigenvalue weighted by molar-refractivity contribution is 0.758. The topological polar surface area (TPSA) is 0 Å². The molecule has 1 rings (SSSR count). The third-order valence-electron chi connectivity index (χ3n) is 2.91. The Kier molecular flexibility index (Phi) is 3.69. The Morgan fingerprint density at radius 3 is 1.43 bits per heavy atom. The molecule has 0 aliphatic heterocycles. The number of hydrogen-bond acceptors (Lipinski definition) is 0. The van der Waals surface area contributed by atoms with Crippen LogP contribution in [0.25, 0.3) is 0 Å². The van der Waals surface area contributed by atoms with E-state index in [0.29, 0.717) is 0 Å². The Bertz CT molecular complexity index is 253. The summed E-state index contributed by atoms with van der Waals surface area (Å²) in [6, 6.07) is 0. The van der Waals surface area contributed by atoms with E-state index < -0.39 is 0 Å². The third kappa shape index (κ3) is 2.33. The summed E-state index contributed by atoms with van der Waals surface area (Å²) in [5, 5.41) is 0. The highest BCUT2D eigenvalue weighted by molar-refractivity contribution is 9.10. The molecular formula is C12H18Br2. The van der Waals surface area contributed by atoms with Crippen molar-refractivity contribution in [3.8, 4) is 0 Å². The molecule has 1 aliphatic carbocycles. The Balaban J connectivity index is 3.14. The molecule has 0 bridgehead atoms. The van der Waals surface area contributed by atoms with Crippen LogP contribution in [-0.4, -0.2) is 8.65 Å². The minimum Gasteiger partial charge on any atom is -0.0762 e.